The predicted molar refractivity (Wildman–Crippen MR) is 80.9 cm³/mol. The molecule has 3 nitrogen and oxygen atoms in total. The first-order valence-electron chi connectivity index (χ1n) is 7.42. The fourth-order valence-electron chi connectivity index (χ4n) is 3.09. The van der Waals surface area contributed by atoms with Crippen LogP contribution in [0.4, 0.5) is 5.69 Å². The number of aryl methyl sites for hydroxylation is 2. The van der Waals surface area contributed by atoms with E-state index >= 15 is 0 Å². The quantitative estimate of drug-likeness (QED) is 0.871. The maximum absolute atomic E-state index is 9.44. The van der Waals surface area contributed by atoms with Crippen LogP contribution < -0.4 is 10.2 Å². The highest BCUT2D eigenvalue weighted by Gasteiger charge is 2.25. The predicted octanol–water partition coefficient (Wildman–Crippen LogP) is 1.97. The van der Waals surface area contributed by atoms with Crippen molar-refractivity contribution in [3.05, 3.63) is 29.3 Å². The van der Waals surface area contributed by atoms with Crippen LogP contribution in [0, 0.1) is 0 Å². The molecule has 2 atom stereocenters. The molecule has 0 aromatic heterocycles. The van der Waals surface area contributed by atoms with Crippen LogP contribution >= 0.6 is 0 Å². The molecule has 1 saturated heterocycles. The van der Waals surface area contributed by atoms with Gasteiger partial charge in [0.1, 0.15) is 0 Å². The van der Waals surface area contributed by atoms with Gasteiger partial charge >= 0.3 is 0 Å². The molecule has 2 rings (SSSR count). The van der Waals surface area contributed by atoms with Gasteiger partial charge in [-0.3, -0.25) is 0 Å². The topological polar surface area (TPSA) is 35.5 Å². The second kappa shape index (κ2) is 6.40. The fraction of sp³-hybridized carbons (Fsp3) is 0.625. The standard InChI is InChI=1S/C16H26N2O/c1-4-13-7-6-8-14(5-2)16(13)18-9-12(3)17-15(10-18)11-19/h6-8,12,15,17,19H,4-5,9-11H2,1-3H3. The van der Waals surface area contributed by atoms with Crippen molar-refractivity contribution in [1.82, 2.24) is 5.32 Å². The van der Waals surface area contributed by atoms with Crippen molar-refractivity contribution in [3.63, 3.8) is 0 Å². The number of aliphatic hydroxyl groups is 1. The van der Waals surface area contributed by atoms with Crippen molar-refractivity contribution in [3.8, 4) is 0 Å². The van der Waals surface area contributed by atoms with Crippen molar-refractivity contribution >= 4 is 5.69 Å². The summed E-state index contributed by atoms with van der Waals surface area (Å²) in [6.07, 6.45) is 2.12. The third kappa shape index (κ3) is 3.10. The molecule has 0 saturated carbocycles. The van der Waals surface area contributed by atoms with Gasteiger partial charge in [-0.1, -0.05) is 32.0 Å². The summed E-state index contributed by atoms with van der Waals surface area (Å²) in [5.41, 5.74) is 4.24. The maximum atomic E-state index is 9.44. The first-order valence-corrected chi connectivity index (χ1v) is 7.42. The number of anilines is 1. The summed E-state index contributed by atoms with van der Waals surface area (Å²) in [6.45, 7) is 8.73. The smallest absolute Gasteiger partial charge is 0.0602 e. The Bertz CT molecular complexity index is 397. The van der Waals surface area contributed by atoms with Gasteiger partial charge in [-0.15, -0.1) is 0 Å². The Morgan fingerprint density at radius 1 is 1.21 bits per heavy atom. The first-order chi connectivity index (χ1) is 9.19. The minimum absolute atomic E-state index is 0.179. The molecule has 3 heteroatoms. The van der Waals surface area contributed by atoms with E-state index < -0.39 is 0 Å². The number of rotatable bonds is 4. The number of nitrogens with zero attached hydrogens (tertiary/aromatic N) is 1. The number of hydrogen-bond acceptors (Lipinski definition) is 3. The van der Waals surface area contributed by atoms with E-state index in [1.54, 1.807) is 0 Å². The molecule has 2 N–H and O–H groups in total. The molecule has 19 heavy (non-hydrogen) atoms. The van der Waals surface area contributed by atoms with Crippen LogP contribution in [0.1, 0.15) is 31.9 Å². The van der Waals surface area contributed by atoms with Crippen LogP contribution in [0.2, 0.25) is 0 Å². The number of piperazine rings is 1. The van der Waals surface area contributed by atoms with Crippen LogP contribution in [-0.2, 0) is 12.8 Å². The van der Waals surface area contributed by atoms with E-state index in [4.69, 9.17) is 0 Å². The van der Waals surface area contributed by atoms with Crippen LogP contribution in [-0.4, -0.2) is 36.9 Å². The van der Waals surface area contributed by atoms with E-state index in [0.29, 0.717) is 6.04 Å². The lowest BCUT2D eigenvalue weighted by Gasteiger charge is -2.40. The van der Waals surface area contributed by atoms with Gasteiger partial charge in [-0.05, 0) is 30.9 Å². The molecule has 0 amide bonds. The highest BCUT2D eigenvalue weighted by Crippen LogP contribution is 2.28. The number of hydrogen-bond donors (Lipinski definition) is 2. The molecule has 1 heterocycles. The van der Waals surface area contributed by atoms with Gasteiger partial charge in [0.05, 0.1) is 6.61 Å². The third-order valence-electron chi connectivity index (χ3n) is 3.96. The van der Waals surface area contributed by atoms with Crippen LogP contribution in [0.3, 0.4) is 0 Å². The van der Waals surface area contributed by atoms with E-state index in [2.05, 4.69) is 49.2 Å². The molecule has 2 unspecified atom stereocenters. The Hall–Kier alpha value is -1.06. The summed E-state index contributed by atoms with van der Waals surface area (Å²) in [5, 5.41) is 12.9. The molecule has 1 aliphatic heterocycles. The average Bonchev–Trinajstić information content (AvgIpc) is 2.45. The molecule has 1 fully saturated rings. The summed E-state index contributed by atoms with van der Waals surface area (Å²) in [7, 11) is 0. The lowest BCUT2D eigenvalue weighted by Crippen LogP contribution is -2.57. The van der Waals surface area contributed by atoms with Crippen LogP contribution in [0.15, 0.2) is 18.2 Å². The maximum Gasteiger partial charge on any atom is 0.0602 e. The number of para-hydroxylation sites is 1. The van der Waals surface area contributed by atoms with Crippen molar-refractivity contribution in [2.45, 2.75) is 45.7 Å². The lowest BCUT2D eigenvalue weighted by atomic mass is 9.99. The number of nitrogens with one attached hydrogen (secondary N) is 1. The highest BCUT2D eigenvalue weighted by molar-refractivity contribution is 5.60. The first kappa shape index (κ1) is 14.4. The molecule has 0 aliphatic carbocycles. The zero-order chi connectivity index (χ0) is 13.8. The highest BCUT2D eigenvalue weighted by atomic mass is 16.3. The molecule has 0 radical (unpaired) electrons. The van der Waals surface area contributed by atoms with Crippen LogP contribution in [0.5, 0.6) is 0 Å². The van der Waals surface area contributed by atoms with Gasteiger partial charge < -0.3 is 15.3 Å². The van der Waals surface area contributed by atoms with Crippen LogP contribution in [0.25, 0.3) is 0 Å². The fourth-order valence-corrected chi connectivity index (χ4v) is 3.09. The molecule has 0 bridgehead atoms. The zero-order valence-corrected chi connectivity index (χ0v) is 12.3. The van der Waals surface area contributed by atoms with E-state index in [-0.39, 0.29) is 12.6 Å². The summed E-state index contributed by atoms with van der Waals surface area (Å²) in [5.74, 6) is 0. The summed E-state index contributed by atoms with van der Waals surface area (Å²) in [4.78, 5) is 2.46. The van der Waals surface area contributed by atoms with Crippen molar-refractivity contribution in [1.29, 1.82) is 0 Å². The van der Waals surface area contributed by atoms with E-state index in [0.717, 1.165) is 25.9 Å². The largest absolute Gasteiger partial charge is 0.395 e. The monoisotopic (exact) mass is 262 g/mol. The molecule has 1 aromatic carbocycles. The van der Waals surface area contributed by atoms with Crippen molar-refractivity contribution < 1.29 is 5.11 Å². The summed E-state index contributed by atoms with van der Waals surface area (Å²) >= 11 is 0. The van der Waals surface area contributed by atoms with Gasteiger partial charge in [-0.2, -0.15) is 0 Å². The molecule has 0 spiro atoms. The molecular formula is C16H26N2O. The van der Waals surface area contributed by atoms with Gasteiger partial charge in [0.25, 0.3) is 0 Å². The SMILES string of the molecule is CCc1cccc(CC)c1N1CC(C)NC(CO)C1. The van der Waals surface area contributed by atoms with Gasteiger partial charge in [0, 0.05) is 30.9 Å². The molecular weight excluding hydrogens is 236 g/mol. The Morgan fingerprint density at radius 2 is 1.84 bits per heavy atom. The Labute approximate surface area is 116 Å². The molecule has 106 valence electrons. The third-order valence-corrected chi connectivity index (χ3v) is 3.96. The van der Waals surface area contributed by atoms with Crippen molar-refractivity contribution in [2.24, 2.45) is 0 Å². The average molecular weight is 262 g/mol. The molecule has 1 aliphatic rings. The van der Waals surface area contributed by atoms with Gasteiger partial charge in [0.15, 0.2) is 0 Å². The second-order valence-corrected chi connectivity index (χ2v) is 5.48. The van der Waals surface area contributed by atoms with E-state index in [9.17, 15) is 5.11 Å². The zero-order valence-electron chi connectivity index (χ0n) is 12.3. The lowest BCUT2D eigenvalue weighted by molar-refractivity contribution is 0.221. The Balaban J connectivity index is 2.34. The molecule has 1 aromatic rings. The van der Waals surface area contributed by atoms with E-state index in [1.165, 1.54) is 16.8 Å². The second-order valence-electron chi connectivity index (χ2n) is 5.48. The van der Waals surface area contributed by atoms with Crippen molar-refractivity contribution in [2.75, 3.05) is 24.6 Å². The van der Waals surface area contributed by atoms with Gasteiger partial charge in [-0.25, -0.2) is 0 Å². The normalized spacial score (nSPS) is 23.7. The number of aliphatic hydroxyl groups excluding tert-OH is 1. The van der Waals surface area contributed by atoms with Gasteiger partial charge in [0.2, 0.25) is 0 Å². The minimum atomic E-state index is 0.179. The summed E-state index contributed by atoms with van der Waals surface area (Å²) < 4.78 is 0. The summed E-state index contributed by atoms with van der Waals surface area (Å²) in [6, 6.07) is 7.22. The Morgan fingerprint density at radius 3 is 2.37 bits per heavy atom. The minimum Gasteiger partial charge on any atom is -0.395 e. The number of benzene rings is 1. The Kier molecular flexibility index (Phi) is 4.83. The van der Waals surface area contributed by atoms with E-state index in [1.807, 2.05) is 0 Å².